The summed E-state index contributed by atoms with van der Waals surface area (Å²) in [4.78, 5) is 1.51. The molecule has 152 valence electrons. The molecule has 1 N–H and O–H groups in total. The minimum Gasteiger partial charge on any atom is -0.304 e. The second-order valence-electron chi connectivity index (χ2n) is 7.11. The summed E-state index contributed by atoms with van der Waals surface area (Å²) in [5.41, 5.74) is 4.12. The summed E-state index contributed by atoms with van der Waals surface area (Å²) in [5.74, 6) is -0.363. The van der Waals surface area contributed by atoms with Crippen LogP contribution >= 0.6 is 11.6 Å². The van der Waals surface area contributed by atoms with Crippen molar-refractivity contribution >= 4 is 11.6 Å². The highest BCUT2D eigenvalue weighted by Gasteiger charge is 2.16. The van der Waals surface area contributed by atoms with Crippen LogP contribution in [-0.4, -0.2) is 15.0 Å². The van der Waals surface area contributed by atoms with E-state index in [2.05, 4.69) is 34.6 Å². The van der Waals surface area contributed by atoms with Gasteiger partial charge in [0.25, 0.3) is 0 Å². The third-order valence-corrected chi connectivity index (χ3v) is 5.36. The third kappa shape index (κ3) is 4.58. The molecule has 6 heteroatoms. The number of aromatic nitrogens is 3. The van der Waals surface area contributed by atoms with Crippen LogP contribution in [0.1, 0.15) is 29.8 Å². The Kier molecular flexibility index (Phi) is 6.21. The molecular formula is C24H22ClFN4. The molecule has 0 aliphatic heterocycles. The SMILES string of the molecule is C[C@@H](NCc1nn(Cc2c(F)cccc2Cl)nc1-c1ccccc1)c1ccccc1. The van der Waals surface area contributed by atoms with Crippen molar-refractivity contribution in [2.45, 2.75) is 26.1 Å². The Balaban J connectivity index is 1.61. The van der Waals surface area contributed by atoms with E-state index in [9.17, 15) is 4.39 Å². The fourth-order valence-electron chi connectivity index (χ4n) is 3.33. The number of rotatable bonds is 7. The van der Waals surface area contributed by atoms with E-state index in [0.717, 1.165) is 17.0 Å². The van der Waals surface area contributed by atoms with E-state index in [1.807, 2.05) is 48.5 Å². The van der Waals surface area contributed by atoms with E-state index in [1.54, 1.807) is 12.1 Å². The number of nitrogens with one attached hydrogen (secondary N) is 1. The van der Waals surface area contributed by atoms with E-state index in [4.69, 9.17) is 11.6 Å². The molecule has 0 saturated heterocycles. The van der Waals surface area contributed by atoms with Gasteiger partial charge in [0.2, 0.25) is 0 Å². The van der Waals surface area contributed by atoms with E-state index in [0.29, 0.717) is 17.1 Å². The second kappa shape index (κ2) is 9.20. The predicted molar refractivity (Wildman–Crippen MR) is 118 cm³/mol. The summed E-state index contributed by atoms with van der Waals surface area (Å²) in [6, 6.07) is 24.9. The van der Waals surface area contributed by atoms with Crippen molar-refractivity contribution in [3.63, 3.8) is 0 Å². The van der Waals surface area contributed by atoms with E-state index in [-0.39, 0.29) is 18.4 Å². The highest BCUT2D eigenvalue weighted by atomic mass is 35.5. The second-order valence-corrected chi connectivity index (χ2v) is 7.51. The summed E-state index contributed by atoms with van der Waals surface area (Å²) in [6.07, 6.45) is 0. The summed E-state index contributed by atoms with van der Waals surface area (Å²) < 4.78 is 14.2. The maximum absolute atomic E-state index is 14.2. The molecule has 1 atom stereocenters. The average Bonchev–Trinajstić information content (AvgIpc) is 3.19. The van der Waals surface area contributed by atoms with Crippen molar-refractivity contribution in [2.24, 2.45) is 0 Å². The van der Waals surface area contributed by atoms with Gasteiger partial charge in [-0.3, -0.25) is 0 Å². The van der Waals surface area contributed by atoms with Crippen LogP contribution in [0.15, 0.2) is 78.9 Å². The normalized spacial score (nSPS) is 12.1. The Bertz CT molecular complexity index is 1090. The molecule has 0 radical (unpaired) electrons. The maximum atomic E-state index is 14.2. The molecule has 0 spiro atoms. The molecule has 4 aromatic rings. The number of hydrogen-bond acceptors (Lipinski definition) is 3. The zero-order valence-corrected chi connectivity index (χ0v) is 17.4. The van der Waals surface area contributed by atoms with Gasteiger partial charge >= 0.3 is 0 Å². The number of halogens is 2. The van der Waals surface area contributed by atoms with Crippen LogP contribution in [0.4, 0.5) is 4.39 Å². The molecule has 1 aromatic heterocycles. The molecule has 30 heavy (non-hydrogen) atoms. The molecule has 0 aliphatic carbocycles. The Hall–Kier alpha value is -3.02. The van der Waals surface area contributed by atoms with E-state index < -0.39 is 0 Å². The number of benzene rings is 3. The monoisotopic (exact) mass is 420 g/mol. The lowest BCUT2D eigenvalue weighted by molar-refractivity contribution is 0.532. The first-order chi connectivity index (χ1) is 14.6. The lowest BCUT2D eigenvalue weighted by atomic mass is 10.1. The van der Waals surface area contributed by atoms with E-state index in [1.165, 1.54) is 16.4 Å². The van der Waals surface area contributed by atoms with Crippen molar-refractivity contribution in [3.05, 3.63) is 107 Å². The van der Waals surface area contributed by atoms with Gasteiger partial charge in [0.05, 0.1) is 6.54 Å². The molecular weight excluding hydrogens is 399 g/mol. The summed E-state index contributed by atoms with van der Waals surface area (Å²) in [5, 5.41) is 13.2. The van der Waals surface area contributed by atoms with Gasteiger partial charge in [-0.1, -0.05) is 78.3 Å². The maximum Gasteiger partial charge on any atom is 0.129 e. The molecule has 4 rings (SSSR count). The Labute approximate surface area is 180 Å². The first kappa shape index (κ1) is 20.3. The standard InChI is InChI=1S/C24H22ClFN4/c1-17(18-9-4-2-5-10-18)27-15-23-24(19-11-6-3-7-12-19)29-30(28-23)16-20-21(25)13-8-14-22(20)26/h2-14,17,27H,15-16H2,1H3/t17-/m1/s1. The van der Waals surface area contributed by atoms with Gasteiger partial charge in [0, 0.05) is 28.7 Å². The van der Waals surface area contributed by atoms with Crippen LogP contribution < -0.4 is 5.32 Å². The fourth-order valence-corrected chi connectivity index (χ4v) is 3.55. The van der Waals surface area contributed by atoms with Crippen LogP contribution in [0.2, 0.25) is 5.02 Å². The number of nitrogens with zero attached hydrogens (tertiary/aromatic N) is 3. The van der Waals surface area contributed by atoms with Crippen LogP contribution in [0, 0.1) is 5.82 Å². The highest BCUT2D eigenvalue weighted by Crippen LogP contribution is 2.23. The lowest BCUT2D eigenvalue weighted by Gasteiger charge is -2.13. The van der Waals surface area contributed by atoms with Crippen molar-refractivity contribution in [1.82, 2.24) is 20.3 Å². The summed E-state index contributed by atoms with van der Waals surface area (Å²) in [7, 11) is 0. The Morgan fingerprint density at radius 1 is 0.933 bits per heavy atom. The van der Waals surface area contributed by atoms with Crippen molar-refractivity contribution in [2.75, 3.05) is 0 Å². The molecule has 0 saturated carbocycles. The quantitative estimate of drug-likeness (QED) is 0.421. The van der Waals surface area contributed by atoms with Crippen molar-refractivity contribution in [3.8, 4) is 11.3 Å². The molecule has 0 bridgehead atoms. The minimum atomic E-state index is -0.363. The minimum absolute atomic E-state index is 0.154. The van der Waals surface area contributed by atoms with Crippen LogP contribution in [-0.2, 0) is 13.1 Å². The third-order valence-electron chi connectivity index (χ3n) is 5.01. The first-order valence-corrected chi connectivity index (χ1v) is 10.2. The fraction of sp³-hybridized carbons (Fsp3) is 0.167. The zero-order chi connectivity index (χ0) is 20.9. The van der Waals surface area contributed by atoms with Crippen molar-refractivity contribution < 1.29 is 4.39 Å². The number of hydrogen-bond donors (Lipinski definition) is 1. The van der Waals surface area contributed by atoms with Crippen molar-refractivity contribution in [1.29, 1.82) is 0 Å². The molecule has 0 unspecified atom stereocenters. The summed E-state index contributed by atoms with van der Waals surface area (Å²) >= 11 is 6.19. The van der Waals surface area contributed by atoms with Crippen LogP contribution in [0.25, 0.3) is 11.3 Å². The van der Waals surface area contributed by atoms with Gasteiger partial charge in [0.15, 0.2) is 0 Å². The van der Waals surface area contributed by atoms with Gasteiger partial charge in [-0.25, -0.2) is 4.39 Å². The van der Waals surface area contributed by atoms with E-state index >= 15 is 0 Å². The average molecular weight is 421 g/mol. The molecule has 0 fully saturated rings. The predicted octanol–water partition coefficient (Wildman–Crippen LogP) is 5.64. The highest BCUT2D eigenvalue weighted by molar-refractivity contribution is 6.31. The zero-order valence-electron chi connectivity index (χ0n) is 16.6. The van der Waals surface area contributed by atoms with Crippen LogP contribution in [0.3, 0.4) is 0 Å². The van der Waals surface area contributed by atoms with Gasteiger partial charge in [-0.05, 0) is 24.6 Å². The Morgan fingerprint density at radius 2 is 1.63 bits per heavy atom. The smallest absolute Gasteiger partial charge is 0.129 e. The Morgan fingerprint density at radius 3 is 2.33 bits per heavy atom. The molecule has 0 aliphatic rings. The van der Waals surface area contributed by atoms with Gasteiger partial charge in [0.1, 0.15) is 17.2 Å². The lowest BCUT2D eigenvalue weighted by Crippen LogP contribution is -2.19. The molecule has 0 amide bonds. The molecule has 3 aromatic carbocycles. The molecule has 4 nitrogen and oxygen atoms in total. The topological polar surface area (TPSA) is 42.7 Å². The molecule has 1 heterocycles. The van der Waals surface area contributed by atoms with Gasteiger partial charge in [-0.2, -0.15) is 15.0 Å². The van der Waals surface area contributed by atoms with Gasteiger partial charge < -0.3 is 5.32 Å². The largest absolute Gasteiger partial charge is 0.304 e. The van der Waals surface area contributed by atoms with Crippen LogP contribution in [0.5, 0.6) is 0 Å². The summed E-state index contributed by atoms with van der Waals surface area (Å²) in [6.45, 7) is 2.81. The first-order valence-electron chi connectivity index (χ1n) is 9.82. The van der Waals surface area contributed by atoms with Gasteiger partial charge in [-0.15, -0.1) is 0 Å².